The van der Waals surface area contributed by atoms with Gasteiger partial charge in [0.25, 0.3) is 0 Å². The maximum Gasteiger partial charge on any atom is 0.241 e. The first kappa shape index (κ1) is 17.0. The minimum absolute atomic E-state index is 0.130. The van der Waals surface area contributed by atoms with Gasteiger partial charge in [0, 0.05) is 24.8 Å². The van der Waals surface area contributed by atoms with E-state index in [1.807, 2.05) is 0 Å². The maximum atomic E-state index is 11.8. The standard InChI is InChI=1S/C14H18ClN3O3/c1-9-10(15)5-4-6-11(9)17-13(20)7-12(19)16-8-14(21)18(2)3/h4-6H,7-8H2,1-3H3,(H,16,19)(H,17,20). The molecule has 2 N–H and O–H groups in total. The highest BCUT2D eigenvalue weighted by atomic mass is 35.5. The number of nitrogens with zero attached hydrogens (tertiary/aromatic N) is 1. The molecule has 0 atom stereocenters. The number of amides is 3. The molecule has 0 radical (unpaired) electrons. The van der Waals surface area contributed by atoms with Crippen molar-refractivity contribution in [3.8, 4) is 0 Å². The van der Waals surface area contributed by atoms with Gasteiger partial charge in [0.15, 0.2) is 0 Å². The van der Waals surface area contributed by atoms with Crippen molar-refractivity contribution >= 4 is 35.0 Å². The van der Waals surface area contributed by atoms with Crippen LogP contribution in [0.2, 0.25) is 5.02 Å². The average molecular weight is 312 g/mol. The molecule has 1 rings (SSSR count). The summed E-state index contributed by atoms with van der Waals surface area (Å²) in [5.74, 6) is -1.22. The van der Waals surface area contributed by atoms with E-state index in [0.29, 0.717) is 10.7 Å². The fourth-order valence-electron chi connectivity index (χ4n) is 1.48. The van der Waals surface area contributed by atoms with E-state index in [4.69, 9.17) is 11.6 Å². The van der Waals surface area contributed by atoms with E-state index in [-0.39, 0.29) is 18.9 Å². The number of rotatable bonds is 5. The lowest BCUT2D eigenvalue weighted by Gasteiger charge is -2.11. The Balaban J connectivity index is 2.48. The molecule has 0 aliphatic carbocycles. The molecule has 0 unspecified atom stereocenters. The largest absolute Gasteiger partial charge is 0.347 e. The molecule has 0 fully saturated rings. The predicted molar refractivity (Wildman–Crippen MR) is 81.1 cm³/mol. The molecule has 3 amide bonds. The summed E-state index contributed by atoms with van der Waals surface area (Å²) in [6.45, 7) is 1.64. The van der Waals surface area contributed by atoms with Crippen LogP contribution in [0.4, 0.5) is 5.69 Å². The zero-order chi connectivity index (χ0) is 16.0. The fraction of sp³-hybridized carbons (Fsp3) is 0.357. The molecule has 0 aliphatic heterocycles. The van der Waals surface area contributed by atoms with Gasteiger partial charge in [-0.25, -0.2) is 0 Å². The first-order chi connectivity index (χ1) is 9.81. The molecular weight excluding hydrogens is 294 g/mol. The Labute approximate surface area is 128 Å². The normalized spacial score (nSPS) is 9.90. The SMILES string of the molecule is Cc1c(Cl)cccc1NC(=O)CC(=O)NCC(=O)N(C)C. The summed E-state index contributed by atoms with van der Waals surface area (Å²) in [4.78, 5) is 36.0. The van der Waals surface area contributed by atoms with Crippen LogP contribution in [0.15, 0.2) is 18.2 Å². The van der Waals surface area contributed by atoms with Gasteiger partial charge in [0.05, 0.1) is 6.54 Å². The molecular formula is C14H18ClN3O3. The summed E-state index contributed by atoms with van der Waals surface area (Å²) in [6, 6.07) is 5.12. The van der Waals surface area contributed by atoms with E-state index >= 15 is 0 Å². The third kappa shape index (κ3) is 5.43. The zero-order valence-corrected chi connectivity index (χ0v) is 13.0. The van der Waals surface area contributed by atoms with E-state index in [0.717, 1.165) is 5.56 Å². The first-order valence-corrected chi connectivity index (χ1v) is 6.71. The predicted octanol–water partition coefficient (Wildman–Crippen LogP) is 1.18. The lowest BCUT2D eigenvalue weighted by Crippen LogP contribution is -2.37. The molecule has 0 aromatic heterocycles. The van der Waals surface area contributed by atoms with E-state index < -0.39 is 11.8 Å². The molecule has 0 bridgehead atoms. The van der Waals surface area contributed by atoms with Crippen molar-refractivity contribution in [2.75, 3.05) is 26.0 Å². The molecule has 21 heavy (non-hydrogen) atoms. The summed E-state index contributed by atoms with van der Waals surface area (Å²) in [6.07, 6.45) is -0.355. The van der Waals surface area contributed by atoms with Gasteiger partial charge in [0.1, 0.15) is 6.42 Å². The maximum absolute atomic E-state index is 11.8. The third-order valence-corrected chi connectivity index (χ3v) is 3.21. The Kier molecular flexibility index (Phi) is 6.17. The highest BCUT2D eigenvalue weighted by Crippen LogP contribution is 2.22. The molecule has 0 saturated carbocycles. The van der Waals surface area contributed by atoms with Crippen LogP contribution in [0.5, 0.6) is 0 Å². The van der Waals surface area contributed by atoms with Crippen molar-refractivity contribution in [3.05, 3.63) is 28.8 Å². The summed E-state index contributed by atoms with van der Waals surface area (Å²) in [5.41, 5.74) is 1.29. The van der Waals surface area contributed by atoms with E-state index in [1.54, 1.807) is 39.2 Å². The molecule has 7 heteroatoms. The van der Waals surface area contributed by atoms with Crippen LogP contribution in [-0.4, -0.2) is 43.3 Å². The number of halogens is 1. The van der Waals surface area contributed by atoms with Crippen molar-refractivity contribution < 1.29 is 14.4 Å². The number of carbonyl (C=O) groups excluding carboxylic acids is 3. The summed E-state index contributed by atoms with van der Waals surface area (Å²) < 4.78 is 0. The van der Waals surface area contributed by atoms with Crippen LogP contribution in [-0.2, 0) is 14.4 Å². The number of hydrogen-bond donors (Lipinski definition) is 2. The van der Waals surface area contributed by atoms with Crippen molar-refractivity contribution in [2.24, 2.45) is 0 Å². The lowest BCUT2D eigenvalue weighted by atomic mass is 10.2. The van der Waals surface area contributed by atoms with Crippen LogP contribution >= 0.6 is 11.6 Å². The van der Waals surface area contributed by atoms with Gasteiger partial charge < -0.3 is 15.5 Å². The van der Waals surface area contributed by atoms with Crippen molar-refractivity contribution in [1.82, 2.24) is 10.2 Å². The monoisotopic (exact) mass is 311 g/mol. The van der Waals surface area contributed by atoms with Gasteiger partial charge in [-0.1, -0.05) is 17.7 Å². The number of hydrogen-bond acceptors (Lipinski definition) is 3. The fourth-order valence-corrected chi connectivity index (χ4v) is 1.65. The van der Waals surface area contributed by atoms with E-state index in [9.17, 15) is 14.4 Å². The molecule has 0 heterocycles. The summed E-state index contributed by atoms with van der Waals surface area (Å²) >= 11 is 5.94. The molecule has 6 nitrogen and oxygen atoms in total. The van der Waals surface area contributed by atoms with E-state index in [1.165, 1.54) is 4.90 Å². The van der Waals surface area contributed by atoms with Gasteiger partial charge in [0.2, 0.25) is 17.7 Å². The van der Waals surface area contributed by atoms with Crippen LogP contribution < -0.4 is 10.6 Å². The Morgan fingerprint density at radius 2 is 1.86 bits per heavy atom. The summed E-state index contributed by atoms with van der Waals surface area (Å²) in [5, 5.41) is 5.54. The highest BCUT2D eigenvalue weighted by molar-refractivity contribution is 6.31. The van der Waals surface area contributed by atoms with Crippen LogP contribution in [0, 0.1) is 6.92 Å². The Morgan fingerprint density at radius 3 is 2.48 bits per heavy atom. The van der Waals surface area contributed by atoms with Gasteiger partial charge in [-0.15, -0.1) is 0 Å². The van der Waals surface area contributed by atoms with Crippen LogP contribution in [0.3, 0.4) is 0 Å². The number of anilines is 1. The first-order valence-electron chi connectivity index (χ1n) is 6.33. The molecule has 114 valence electrons. The third-order valence-electron chi connectivity index (χ3n) is 2.80. The Hall–Kier alpha value is -2.08. The number of nitrogens with one attached hydrogen (secondary N) is 2. The second kappa shape index (κ2) is 7.64. The van der Waals surface area contributed by atoms with Gasteiger partial charge in [-0.2, -0.15) is 0 Å². The number of likely N-dealkylation sites (N-methyl/N-ethyl adjacent to an activating group) is 1. The van der Waals surface area contributed by atoms with Crippen molar-refractivity contribution in [1.29, 1.82) is 0 Å². The molecule has 0 spiro atoms. The Bertz CT molecular complexity index is 558. The second-order valence-electron chi connectivity index (χ2n) is 4.70. The average Bonchev–Trinajstić information content (AvgIpc) is 2.41. The van der Waals surface area contributed by atoms with Gasteiger partial charge in [-0.3, -0.25) is 14.4 Å². The number of benzene rings is 1. The quantitative estimate of drug-likeness (QED) is 0.802. The summed E-state index contributed by atoms with van der Waals surface area (Å²) in [7, 11) is 3.17. The second-order valence-corrected chi connectivity index (χ2v) is 5.11. The minimum atomic E-state index is -0.512. The molecule has 0 saturated heterocycles. The van der Waals surface area contributed by atoms with Gasteiger partial charge in [-0.05, 0) is 24.6 Å². The molecule has 1 aromatic rings. The van der Waals surface area contributed by atoms with E-state index in [2.05, 4.69) is 10.6 Å². The topological polar surface area (TPSA) is 78.5 Å². The highest BCUT2D eigenvalue weighted by Gasteiger charge is 2.13. The minimum Gasteiger partial charge on any atom is -0.347 e. The Morgan fingerprint density at radius 1 is 1.19 bits per heavy atom. The molecule has 0 aliphatic rings. The zero-order valence-electron chi connectivity index (χ0n) is 12.2. The molecule has 1 aromatic carbocycles. The number of carbonyl (C=O) groups is 3. The van der Waals surface area contributed by atoms with Crippen LogP contribution in [0.25, 0.3) is 0 Å². The van der Waals surface area contributed by atoms with Crippen molar-refractivity contribution in [3.63, 3.8) is 0 Å². The van der Waals surface area contributed by atoms with Crippen molar-refractivity contribution in [2.45, 2.75) is 13.3 Å². The van der Waals surface area contributed by atoms with Crippen LogP contribution in [0.1, 0.15) is 12.0 Å². The van der Waals surface area contributed by atoms with Gasteiger partial charge >= 0.3 is 0 Å². The lowest BCUT2D eigenvalue weighted by molar-refractivity contribution is -0.132. The smallest absolute Gasteiger partial charge is 0.241 e.